The number of nitrogens with one attached hydrogen (secondary N) is 1. The molecular weight excluding hydrogens is 324 g/mol. The summed E-state index contributed by atoms with van der Waals surface area (Å²) in [6.45, 7) is 2.09. The number of unbranched alkanes of at least 4 members (excludes halogenated alkanes) is 1. The number of aromatic nitrogens is 2. The minimum absolute atomic E-state index is 0.0299. The molecule has 0 saturated heterocycles. The smallest absolute Gasteiger partial charge is 0.330 e. The lowest BCUT2D eigenvalue weighted by atomic mass is 10.3. The normalized spacial score (nSPS) is 10.5. The van der Waals surface area contributed by atoms with Gasteiger partial charge >= 0.3 is 5.69 Å². The first-order valence-corrected chi connectivity index (χ1v) is 8.02. The third-order valence-electron chi connectivity index (χ3n) is 3.76. The molecule has 0 atom stereocenters. The van der Waals surface area contributed by atoms with Gasteiger partial charge in [-0.2, -0.15) is 0 Å². The highest BCUT2D eigenvalue weighted by Crippen LogP contribution is 2.16. The second-order valence-electron chi connectivity index (χ2n) is 5.55. The number of rotatable bonds is 7. The van der Waals surface area contributed by atoms with Crippen molar-refractivity contribution in [1.82, 2.24) is 9.55 Å². The monoisotopic (exact) mass is 346 g/mol. The topological polar surface area (TPSA) is 110 Å². The first kappa shape index (κ1) is 18.3. The number of hydrogen-bond donors (Lipinski definition) is 2. The Labute approximate surface area is 144 Å². The Kier molecular flexibility index (Phi) is 5.99. The van der Waals surface area contributed by atoms with Crippen LogP contribution in [0.5, 0.6) is 5.75 Å². The van der Waals surface area contributed by atoms with E-state index in [1.54, 1.807) is 24.3 Å². The van der Waals surface area contributed by atoms with Crippen molar-refractivity contribution in [3.8, 4) is 5.75 Å². The van der Waals surface area contributed by atoms with E-state index < -0.39 is 17.2 Å². The number of carbonyl (C=O) groups excluding carboxylic acids is 1. The summed E-state index contributed by atoms with van der Waals surface area (Å²) in [6.07, 6.45) is 1.59. The van der Waals surface area contributed by atoms with E-state index in [-0.39, 0.29) is 18.1 Å². The summed E-state index contributed by atoms with van der Waals surface area (Å²) in [6, 6.07) is 8.85. The van der Waals surface area contributed by atoms with Gasteiger partial charge in [0.1, 0.15) is 11.6 Å². The summed E-state index contributed by atoms with van der Waals surface area (Å²) in [5, 5.41) is 0. The summed E-state index contributed by atoms with van der Waals surface area (Å²) in [5.74, 6) is 0.0542. The number of H-pyrrole nitrogens is 1. The number of likely N-dealkylation sites (N-methyl/N-ethyl adjacent to an activating group) is 1. The van der Waals surface area contributed by atoms with Gasteiger partial charge in [0, 0.05) is 13.6 Å². The van der Waals surface area contributed by atoms with E-state index in [2.05, 4.69) is 4.98 Å². The van der Waals surface area contributed by atoms with Crippen molar-refractivity contribution in [2.24, 2.45) is 0 Å². The lowest BCUT2D eigenvalue weighted by Crippen LogP contribution is -2.40. The van der Waals surface area contributed by atoms with Crippen molar-refractivity contribution in [3.05, 3.63) is 51.2 Å². The van der Waals surface area contributed by atoms with Gasteiger partial charge in [0.2, 0.25) is 0 Å². The Morgan fingerprint density at radius 1 is 1.28 bits per heavy atom. The number of carbonyl (C=O) groups is 1. The van der Waals surface area contributed by atoms with Crippen molar-refractivity contribution >= 4 is 17.4 Å². The van der Waals surface area contributed by atoms with E-state index in [1.165, 1.54) is 11.6 Å². The summed E-state index contributed by atoms with van der Waals surface area (Å²) in [4.78, 5) is 39.7. The second kappa shape index (κ2) is 8.18. The molecule has 1 aromatic carbocycles. The minimum Gasteiger partial charge on any atom is -0.484 e. The zero-order valence-corrected chi connectivity index (χ0v) is 14.3. The van der Waals surface area contributed by atoms with Gasteiger partial charge < -0.3 is 15.4 Å². The first-order valence-electron chi connectivity index (χ1n) is 8.02. The number of hydrogen-bond acceptors (Lipinski definition) is 5. The number of nitrogens with two attached hydrogens (primary N) is 1. The molecule has 1 amide bonds. The number of amides is 1. The van der Waals surface area contributed by atoms with Crippen molar-refractivity contribution in [1.29, 1.82) is 0 Å². The summed E-state index contributed by atoms with van der Waals surface area (Å²) in [5.41, 5.74) is 4.64. The third kappa shape index (κ3) is 4.28. The number of anilines is 2. The molecule has 1 aromatic heterocycles. The Bertz CT molecular complexity index is 842. The molecule has 0 bridgehead atoms. The highest BCUT2D eigenvalue weighted by atomic mass is 16.5. The predicted molar refractivity (Wildman–Crippen MR) is 96.0 cm³/mol. The van der Waals surface area contributed by atoms with Crippen LogP contribution in [0, 0.1) is 0 Å². The average Bonchev–Trinajstić information content (AvgIpc) is 2.60. The zero-order valence-electron chi connectivity index (χ0n) is 14.3. The molecular formula is C17H22N4O4. The lowest BCUT2D eigenvalue weighted by molar-refractivity contribution is -0.120. The molecule has 3 N–H and O–H groups in total. The maximum Gasteiger partial charge on any atom is 0.330 e. The van der Waals surface area contributed by atoms with Crippen LogP contribution in [0.1, 0.15) is 19.8 Å². The lowest BCUT2D eigenvalue weighted by Gasteiger charge is -2.20. The summed E-state index contributed by atoms with van der Waals surface area (Å²) in [7, 11) is 1.42. The molecule has 8 heteroatoms. The average molecular weight is 346 g/mol. The number of nitrogens with zero attached hydrogens (tertiary/aromatic N) is 2. The standard InChI is InChI=1S/C17H22N4O4/c1-3-4-10-21-15(18)14(16(23)19-17(21)24)20(2)13(22)11-25-12-8-6-5-7-9-12/h5-9H,3-4,10-11,18H2,1-2H3,(H,19,23,24). The van der Waals surface area contributed by atoms with Crippen LogP contribution in [0.4, 0.5) is 11.5 Å². The molecule has 8 nitrogen and oxygen atoms in total. The SMILES string of the molecule is CCCCn1c(N)c(N(C)C(=O)COc2ccccc2)c(=O)[nH]c1=O. The molecule has 2 rings (SSSR count). The summed E-state index contributed by atoms with van der Waals surface area (Å²) < 4.78 is 6.66. The van der Waals surface area contributed by atoms with Gasteiger partial charge in [0.25, 0.3) is 11.5 Å². The highest BCUT2D eigenvalue weighted by Gasteiger charge is 2.21. The number of nitrogen functional groups attached to an aromatic ring is 1. The van der Waals surface area contributed by atoms with Crippen LogP contribution < -0.4 is 26.6 Å². The molecule has 0 aliphatic carbocycles. The molecule has 0 fully saturated rings. The molecule has 0 unspecified atom stereocenters. The van der Waals surface area contributed by atoms with Crippen molar-refractivity contribution < 1.29 is 9.53 Å². The van der Waals surface area contributed by atoms with E-state index in [0.29, 0.717) is 12.3 Å². The van der Waals surface area contributed by atoms with E-state index >= 15 is 0 Å². The zero-order chi connectivity index (χ0) is 18.4. The Morgan fingerprint density at radius 3 is 2.60 bits per heavy atom. The van der Waals surface area contributed by atoms with Crippen LogP contribution >= 0.6 is 0 Å². The number of benzene rings is 1. The molecule has 1 heterocycles. The fourth-order valence-corrected chi connectivity index (χ4v) is 2.32. The van der Waals surface area contributed by atoms with Crippen molar-refractivity contribution in [2.45, 2.75) is 26.3 Å². The van der Waals surface area contributed by atoms with Crippen LogP contribution in [-0.2, 0) is 11.3 Å². The summed E-state index contributed by atoms with van der Waals surface area (Å²) >= 11 is 0. The Hall–Kier alpha value is -3.03. The Morgan fingerprint density at radius 2 is 1.96 bits per heavy atom. The van der Waals surface area contributed by atoms with E-state index in [1.807, 2.05) is 13.0 Å². The van der Waals surface area contributed by atoms with Gasteiger partial charge in [0.15, 0.2) is 12.3 Å². The molecule has 2 aromatic rings. The van der Waals surface area contributed by atoms with E-state index in [0.717, 1.165) is 17.7 Å². The van der Waals surface area contributed by atoms with Crippen LogP contribution in [0.25, 0.3) is 0 Å². The predicted octanol–water partition coefficient (Wildman–Crippen LogP) is 0.961. The van der Waals surface area contributed by atoms with Crippen molar-refractivity contribution in [2.75, 3.05) is 24.3 Å². The molecule has 0 spiro atoms. The Balaban J connectivity index is 2.22. The number of aromatic amines is 1. The largest absolute Gasteiger partial charge is 0.484 e. The first-order chi connectivity index (χ1) is 12.0. The van der Waals surface area contributed by atoms with Gasteiger partial charge in [-0.25, -0.2) is 4.79 Å². The maximum atomic E-state index is 12.3. The van der Waals surface area contributed by atoms with E-state index in [9.17, 15) is 14.4 Å². The molecule has 0 aliphatic rings. The molecule has 0 aliphatic heterocycles. The fraction of sp³-hybridized carbons (Fsp3) is 0.353. The van der Waals surface area contributed by atoms with Crippen molar-refractivity contribution in [3.63, 3.8) is 0 Å². The van der Waals surface area contributed by atoms with Gasteiger partial charge in [-0.05, 0) is 18.6 Å². The molecule has 25 heavy (non-hydrogen) atoms. The van der Waals surface area contributed by atoms with Crippen LogP contribution in [0.2, 0.25) is 0 Å². The third-order valence-corrected chi connectivity index (χ3v) is 3.76. The van der Waals surface area contributed by atoms with Gasteiger partial charge in [-0.15, -0.1) is 0 Å². The van der Waals surface area contributed by atoms with Crippen LogP contribution in [-0.4, -0.2) is 29.1 Å². The van der Waals surface area contributed by atoms with Gasteiger partial charge in [-0.1, -0.05) is 31.5 Å². The number of para-hydroxylation sites is 1. The van der Waals surface area contributed by atoms with Gasteiger partial charge in [0.05, 0.1) is 0 Å². The van der Waals surface area contributed by atoms with E-state index in [4.69, 9.17) is 10.5 Å². The molecule has 0 radical (unpaired) electrons. The van der Waals surface area contributed by atoms with Gasteiger partial charge in [-0.3, -0.25) is 19.1 Å². The molecule has 0 saturated carbocycles. The maximum absolute atomic E-state index is 12.3. The minimum atomic E-state index is -0.703. The van der Waals surface area contributed by atoms with Crippen LogP contribution in [0.3, 0.4) is 0 Å². The van der Waals surface area contributed by atoms with Crippen LogP contribution in [0.15, 0.2) is 39.9 Å². The quantitative estimate of drug-likeness (QED) is 0.776. The second-order valence-corrected chi connectivity index (χ2v) is 5.55. The number of ether oxygens (including phenoxy) is 1. The fourth-order valence-electron chi connectivity index (χ4n) is 2.32. The molecule has 134 valence electrons. The highest BCUT2D eigenvalue weighted by molar-refractivity contribution is 5.96.